The van der Waals surface area contributed by atoms with E-state index >= 15 is 0 Å². The predicted octanol–water partition coefficient (Wildman–Crippen LogP) is 2.45. The van der Waals surface area contributed by atoms with E-state index in [0.29, 0.717) is 0 Å². The molecule has 0 radical (unpaired) electrons. The highest BCUT2D eigenvalue weighted by molar-refractivity contribution is 9.10. The number of carbonyl (C=O) groups excluding carboxylic acids is 1. The van der Waals surface area contributed by atoms with Gasteiger partial charge >= 0.3 is 0 Å². The summed E-state index contributed by atoms with van der Waals surface area (Å²) < 4.78 is 24.1. The number of nitrogens with one attached hydrogen (secondary N) is 1. The summed E-state index contributed by atoms with van der Waals surface area (Å²) >= 11 is 7.80. The highest BCUT2D eigenvalue weighted by atomic mass is 79.9. The monoisotopic (exact) mass is 285 g/mol. The Hall–Kier alpha value is -0.750. The van der Waals surface area contributed by atoms with Crippen LogP contribution in [-0.2, 0) is 0 Å². The molecule has 0 aromatic carbocycles. The SMILES string of the molecule is O=C(Cl)c1[nH]cc(C(F)F)c(=O)c1Br. The Morgan fingerprint density at radius 2 is 2.14 bits per heavy atom. The van der Waals surface area contributed by atoms with E-state index in [0.717, 1.165) is 6.20 Å². The van der Waals surface area contributed by atoms with Gasteiger partial charge in [-0.25, -0.2) is 8.78 Å². The number of pyridine rings is 1. The van der Waals surface area contributed by atoms with E-state index < -0.39 is 22.7 Å². The molecule has 0 fully saturated rings. The van der Waals surface area contributed by atoms with Gasteiger partial charge in [-0.05, 0) is 27.5 Å². The van der Waals surface area contributed by atoms with Gasteiger partial charge in [0.2, 0.25) is 5.43 Å². The normalized spacial score (nSPS) is 10.6. The van der Waals surface area contributed by atoms with Gasteiger partial charge in [-0.3, -0.25) is 9.59 Å². The molecule has 76 valence electrons. The number of hydrogen-bond acceptors (Lipinski definition) is 2. The highest BCUT2D eigenvalue weighted by Crippen LogP contribution is 2.18. The lowest BCUT2D eigenvalue weighted by Gasteiger charge is -2.02. The number of alkyl halides is 2. The minimum atomic E-state index is -2.89. The summed E-state index contributed by atoms with van der Waals surface area (Å²) in [6.45, 7) is 0. The summed E-state index contributed by atoms with van der Waals surface area (Å²) in [7, 11) is 0. The topological polar surface area (TPSA) is 49.9 Å². The second-order valence-corrected chi connectivity index (χ2v) is 3.47. The minimum Gasteiger partial charge on any atom is -0.356 e. The zero-order chi connectivity index (χ0) is 10.9. The van der Waals surface area contributed by atoms with E-state index in [4.69, 9.17) is 11.6 Å². The summed E-state index contributed by atoms with van der Waals surface area (Å²) in [6.07, 6.45) is -2.12. The minimum absolute atomic E-state index is 0.235. The second-order valence-electron chi connectivity index (χ2n) is 2.34. The second kappa shape index (κ2) is 4.18. The van der Waals surface area contributed by atoms with Crippen molar-refractivity contribution in [3.63, 3.8) is 0 Å². The summed E-state index contributed by atoms with van der Waals surface area (Å²) in [5, 5.41) is -0.921. The molecular weight excluding hydrogens is 283 g/mol. The van der Waals surface area contributed by atoms with E-state index in [9.17, 15) is 18.4 Å². The third kappa shape index (κ3) is 2.01. The Labute approximate surface area is 90.2 Å². The van der Waals surface area contributed by atoms with E-state index in [-0.39, 0.29) is 10.2 Å². The molecular formula is C7H3BrClF2NO2. The van der Waals surface area contributed by atoms with E-state index in [1.54, 1.807) is 0 Å². The molecule has 0 saturated heterocycles. The van der Waals surface area contributed by atoms with Crippen LogP contribution in [0.25, 0.3) is 0 Å². The van der Waals surface area contributed by atoms with Crippen molar-refractivity contribution in [1.82, 2.24) is 4.98 Å². The molecule has 1 aromatic heterocycles. The van der Waals surface area contributed by atoms with Crippen LogP contribution in [0.5, 0.6) is 0 Å². The molecule has 1 N–H and O–H groups in total. The fraction of sp³-hybridized carbons (Fsp3) is 0.143. The molecule has 0 amide bonds. The third-order valence-corrected chi connectivity index (χ3v) is 2.43. The number of carbonyl (C=O) groups is 1. The fourth-order valence-corrected chi connectivity index (χ4v) is 1.61. The first kappa shape index (κ1) is 11.3. The van der Waals surface area contributed by atoms with Crippen molar-refractivity contribution in [2.24, 2.45) is 0 Å². The maximum Gasteiger partial charge on any atom is 0.269 e. The van der Waals surface area contributed by atoms with Crippen LogP contribution in [-0.4, -0.2) is 10.2 Å². The lowest BCUT2D eigenvalue weighted by molar-refractivity contribution is 0.107. The smallest absolute Gasteiger partial charge is 0.269 e. The van der Waals surface area contributed by atoms with Gasteiger partial charge in [0.15, 0.2) is 0 Å². The number of hydrogen-bond donors (Lipinski definition) is 1. The predicted molar refractivity (Wildman–Crippen MR) is 49.9 cm³/mol. The largest absolute Gasteiger partial charge is 0.356 e. The summed E-state index contributed by atoms with van der Waals surface area (Å²) in [5.41, 5.74) is -1.89. The molecule has 14 heavy (non-hydrogen) atoms. The molecule has 7 heteroatoms. The van der Waals surface area contributed by atoms with Crippen molar-refractivity contribution >= 4 is 32.8 Å². The Balaban J connectivity index is 3.42. The van der Waals surface area contributed by atoms with Gasteiger partial charge in [0.25, 0.3) is 11.7 Å². The van der Waals surface area contributed by atoms with Gasteiger partial charge in [-0.2, -0.15) is 0 Å². The van der Waals surface area contributed by atoms with Crippen molar-refractivity contribution in [1.29, 1.82) is 0 Å². The molecule has 3 nitrogen and oxygen atoms in total. The van der Waals surface area contributed by atoms with Gasteiger partial charge in [-0.1, -0.05) is 0 Å². The van der Waals surface area contributed by atoms with Gasteiger partial charge in [-0.15, -0.1) is 0 Å². The van der Waals surface area contributed by atoms with Gasteiger partial charge in [0.05, 0.1) is 10.0 Å². The molecule has 0 unspecified atom stereocenters. The van der Waals surface area contributed by atoms with Crippen LogP contribution in [0.15, 0.2) is 15.5 Å². The summed E-state index contributed by atoms with van der Waals surface area (Å²) in [4.78, 5) is 24.1. The zero-order valence-electron chi connectivity index (χ0n) is 6.48. The maximum atomic E-state index is 12.2. The van der Waals surface area contributed by atoms with Gasteiger partial charge in [0, 0.05) is 6.20 Å². The lowest BCUT2D eigenvalue weighted by Crippen LogP contribution is -2.15. The van der Waals surface area contributed by atoms with E-state index in [2.05, 4.69) is 20.9 Å². The van der Waals surface area contributed by atoms with Crippen LogP contribution in [0, 0.1) is 0 Å². The zero-order valence-corrected chi connectivity index (χ0v) is 8.82. The fourth-order valence-electron chi connectivity index (χ4n) is 0.824. The van der Waals surface area contributed by atoms with E-state index in [1.165, 1.54) is 0 Å². The number of halogens is 4. The van der Waals surface area contributed by atoms with Crippen molar-refractivity contribution in [3.8, 4) is 0 Å². The molecule has 0 bridgehead atoms. The molecule has 1 rings (SSSR count). The van der Waals surface area contributed by atoms with Crippen LogP contribution in [0.2, 0.25) is 0 Å². The van der Waals surface area contributed by atoms with Crippen LogP contribution >= 0.6 is 27.5 Å². The molecule has 0 atom stereocenters. The van der Waals surface area contributed by atoms with Crippen LogP contribution in [0.1, 0.15) is 22.5 Å². The van der Waals surface area contributed by atoms with Crippen LogP contribution < -0.4 is 5.43 Å². The average molecular weight is 286 g/mol. The first-order valence-electron chi connectivity index (χ1n) is 3.34. The highest BCUT2D eigenvalue weighted by Gasteiger charge is 2.18. The van der Waals surface area contributed by atoms with E-state index in [1.807, 2.05) is 0 Å². The standard InChI is InChI=1S/C7H3BrClF2NO2/c8-3-4(6(9)14)12-1-2(5(3)13)7(10)11/h1,7H,(H,12,13). The molecule has 0 aliphatic heterocycles. The first-order valence-corrected chi connectivity index (χ1v) is 4.51. The summed E-state index contributed by atoms with van der Waals surface area (Å²) in [6, 6.07) is 0. The van der Waals surface area contributed by atoms with Crippen LogP contribution in [0.3, 0.4) is 0 Å². The molecule has 0 aliphatic rings. The maximum absolute atomic E-state index is 12.2. The van der Waals surface area contributed by atoms with Crippen molar-refractivity contribution in [2.45, 2.75) is 6.43 Å². The molecule has 0 saturated carbocycles. The number of H-pyrrole nitrogens is 1. The Morgan fingerprint density at radius 3 is 2.57 bits per heavy atom. The van der Waals surface area contributed by atoms with Crippen molar-refractivity contribution in [3.05, 3.63) is 32.2 Å². The number of rotatable bonds is 2. The third-order valence-electron chi connectivity index (χ3n) is 1.48. The van der Waals surface area contributed by atoms with Crippen molar-refractivity contribution in [2.75, 3.05) is 0 Å². The van der Waals surface area contributed by atoms with Crippen LogP contribution in [0.4, 0.5) is 8.78 Å². The average Bonchev–Trinajstić information content (AvgIpc) is 2.08. The first-order chi connectivity index (χ1) is 6.45. The van der Waals surface area contributed by atoms with Gasteiger partial charge < -0.3 is 4.98 Å². The molecule has 1 heterocycles. The number of aromatic nitrogens is 1. The van der Waals surface area contributed by atoms with Crippen molar-refractivity contribution < 1.29 is 13.6 Å². The Bertz CT molecular complexity index is 432. The molecule has 1 aromatic rings. The Kier molecular flexibility index (Phi) is 3.38. The quantitative estimate of drug-likeness (QED) is 0.849. The Morgan fingerprint density at radius 1 is 1.57 bits per heavy atom. The molecule has 0 spiro atoms. The lowest BCUT2D eigenvalue weighted by atomic mass is 10.2. The summed E-state index contributed by atoms with van der Waals surface area (Å²) in [5.74, 6) is 0. The van der Waals surface area contributed by atoms with Gasteiger partial charge in [0.1, 0.15) is 5.69 Å². The number of aromatic amines is 1. The molecule has 0 aliphatic carbocycles.